The molecule has 7 atom stereocenters. The fourth-order valence-electron chi connectivity index (χ4n) is 4.00. The van der Waals surface area contributed by atoms with Crippen molar-refractivity contribution < 1.29 is 54.4 Å². The Labute approximate surface area is 199 Å². The van der Waals surface area contributed by atoms with Gasteiger partial charge in [0.1, 0.15) is 47.9 Å². The maximum Gasteiger partial charge on any atom is 0.335 e. The van der Waals surface area contributed by atoms with Gasteiger partial charge < -0.3 is 44.8 Å². The number of phenols is 1. The summed E-state index contributed by atoms with van der Waals surface area (Å²) in [6.07, 6.45) is -6.93. The SMILES string of the molecule is O=C1OC(c2ccc(OC3OC(CO)C(O)C(O)C3O)cc2)C(C(=O)O)/C1=C/c1ccc(O)cc1. The van der Waals surface area contributed by atoms with Crippen LogP contribution in [0.4, 0.5) is 0 Å². The lowest BCUT2D eigenvalue weighted by Crippen LogP contribution is -2.60. The number of carbonyl (C=O) groups excluding carboxylic acids is 1. The van der Waals surface area contributed by atoms with Crippen molar-refractivity contribution in [3.8, 4) is 11.5 Å². The molecule has 2 aliphatic heterocycles. The number of benzene rings is 2. The summed E-state index contributed by atoms with van der Waals surface area (Å²) in [5.74, 6) is -3.12. The van der Waals surface area contributed by atoms with E-state index >= 15 is 0 Å². The molecule has 7 unspecified atom stereocenters. The highest BCUT2D eigenvalue weighted by atomic mass is 16.7. The van der Waals surface area contributed by atoms with Gasteiger partial charge in [0.2, 0.25) is 6.29 Å². The molecule has 2 aromatic rings. The van der Waals surface area contributed by atoms with Gasteiger partial charge in [-0.05, 0) is 41.5 Å². The number of phenolic OH excluding ortho intramolecular Hbond substituents is 1. The molecule has 35 heavy (non-hydrogen) atoms. The smallest absolute Gasteiger partial charge is 0.335 e. The molecule has 0 bridgehead atoms. The lowest BCUT2D eigenvalue weighted by molar-refractivity contribution is -0.277. The molecule has 6 N–H and O–H groups in total. The third-order valence-electron chi connectivity index (χ3n) is 5.90. The van der Waals surface area contributed by atoms with Crippen molar-refractivity contribution in [1.82, 2.24) is 0 Å². The Morgan fingerprint density at radius 3 is 2.23 bits per heavy atom. The number of aliphatic hydroxyl groups is 4. The number of aliphatic hydroxyl groups excluding tert-OH is 4. The lowest BCUT2D eigenvalue weighted by Gasteiger charge is -2.39. The second-order valence-corrected chi connectivity index (χ2v) is 8.22. The molecule has 4 rings (SSSR count). The molecule has 0 amide bonds. The molecule has 0 aliphatic carbocycles. The minimum Gasteiger partial charge on any atom is -0.508 e. The topological polar surface area (TPSA) is 183 Å². The highest BCUT2D eigenvalue weighted by molar-refractivity contribution is 6.02. The number of cyclic esters (lactones) is 1. The summed E-state index contributed by atoms with van der Waals surface area (Å²) in [6.45, 7) is -0.604. The summed E-state index contributed by atoms with van der Waals surface area (Å²) in [5.41, 5.74) is 0.848. The summed E-state index contributed by atoms with van der Waals surface area (Å²) in [7, 11) is 0. The van der Waals surface area contributed by atoms with Crippen LogP contribution in [0.25, 0.3) is 6.08 Å². The molecule has 0 saturated carbocycles. The van der Waals surface area contributed by atoms with Crippen molar-refractivity contribution in [3.63, 3.8) is 0 Å². The molecule has 0 spiro atoms. The first-order valence-corrected chi connectivity index (χ1v) is 10.7. The van der Waals surface area contributed by atoms with E-state index < -0.39 is 61.3 Å². The number of hydrogen-bond acceptors (Lipinski definition) is 10. The first-order valence-electron chi connectivity index (χ1n) is 10.7. The van der Waals surface area contributed by atoms with E-state index in [1.165, 1.54) is 54.6 Å². The van der Waals surface area contributed by atoms with E-state index in [9.17, 15) is 40.2 Å². The monoisotopic (exact) mass is 488 g/mol. The minimum absolute atomic E-state index is 0.0276. The molecule has 11 heteroatoms. The molecule has 2 aromatic carbocycles. The van der Waals surface area contributed by atoms with Gasteiger partial charge in [0.05, 0.1) is 12.2 Å². The van der Waals surface area contributed by atoms with Gasteiger partial charge in [-0.25, -0.2) is 4.79 Å². The second kappa shape index (κ2) is 10.0. The van der Waals surface area contributed by atoms with Gasteiger partial charge in [-0.2, -0.15) is 0 Å². The zero-order valence-electron chi connectivity index (χ0n) is 18.2. The van der Waals surface area contributed by atoms with Crippen LogP contribution in [-0.4, -0.2) is 79.9 Å². The van der Waals surface area contributed by atoms with Crippen molar-refractivity contribution in [2.24, 2.45) is 5.92 Å². The van der Waals surface area contributed by atoms with Gasteiger partial charge in [-0.1, -0.05) is 24.3 Å². The van der Waals surface area contributed by atoms with Crippen molar-refractivity contribution in [2.75, 3.05) is 6.61 Å². The van der Waals surface area contributed by atoms with E-state index in [0.29, 0.717) is 11.1 Å². The van der Waals surface area contributed by atoms with Gasteiger partial charge in [-0.15, -0.1) is 0 Å². The Kier molecular flexibility index (Phi) is 7.05. The highest BCUT2D eigenvalue weighted by Gasteiger charge is 2.46. The van der Waals surface area contributed by atoms with Crippen LogP contribution in [0.5, 0.6) is 11.5 Å². The fourth-order valence-corrected chi connectivity index (χ4v) is 4.00. The van der Waals surface area contributed by atoms with Crippen LogP contribution in [0.3, 0.4) is 0 Å². The number of carboxylic acid groups (broad SMARTS) is 1. The van der Waals surface area contributed by atoms with Gasteiger partial charge in [-0.3, -0.25) is 4.79 Å². The molecule has 186 valence electrons. The van der Waals surface area contributed by atoms with E-state index in [1.807, 2.05) is 0 Å². The Hall–Kier alpha value is -3.48. The molecular formula is C24H24O11. The molecular weight excluding hydrogens is 464 g/mol. The average Bonchev–Trinajstić information content (AvgIpc) is 3.17. The van der Waals surface area contributed by atoms with E-state index in [4.69, 9.17) is 14.2 Å². The Morgan fingerprint density at radius 2 is 1.63 bits per heavy atom. The predicted octanol–water partition coefficient (Wildman–Crippen LogP) is -0.0468. The summed E-state index contributed by atoms with van der Waals surface area (Å²) in [5, 5.41) is 58.4. The van der Waals surface area contributed by atoms with Crippen LogP contribution >= 0.6 is 0 Å². The normalized spacial score (nSPS) is 31.8. The number of esters is 1. The Balaban J connectivity index is 1.53. The first kappa shape index (κ1) is 24.6. The molecule has 2 aliphatic rings. The number of rotatable bonds is 6. The van der Waals surface area contributed by atoms with Gasteiger partial charge in [0.25, 0.3) is 0 Å². The molecule has 2 heterocycles. The lowest BCUT2D eigenvalue weighted by atomic mass is 9.90. The van der Waals surface area contributed by atoms with Gasteiger partial charge in [0.15, 0.2) is 0 Å². The third kappa shape index (κ3) is 4.99. The van der Waals surface area contributed by atoms with E-state index in [1.54, 1.807) is 0 Å². The van der Waals surface area contributed by atoms with Crippen molar-refractivity contribution in [2.45, 2.75) is 36.8 Å². The van der Waals surface area contributed by atoms with Crippen LogP contribution in [0.1, 0.15) is 17.2 Å². The third-order valence-corrected chi connectivity index (χ3v) is 5.90. The minimum atomic E-state index is -1.60. The van der Waals surface area contributed by atoms with Gasteiger partial charge in [0, 0.05) is 0 Å². The van der Waals surface area contributed by atoms with Crippen LogP contribution < -0.4 is 4.74 Å². The summed E-state index contributed by atoms with van der Waals surface area (Å²) in [4.78, 5) is 24.5. The summed E-state index contributed by atoms with van der Waals surface area (Å²) in [6, 6.07) is 11.7. The van der Waals surface area contributed by atoms with E-state index in [2.05, 4.69) is 0 Å². The number of aromatic hydroxyl groups is 1. The van der Waals surface area contributed by atoms with E-state index in [-0.39, 0.29) is 17.1 Å². The average molecular weight is 488 g/mol. The summed E-state index contributed by atoms with van der Waals surface area (Å²) < 4.78 is 16.2. The van der Waals surface area contributed by atoms with E-state index in [0.717, 1.165) is 0 Å². The molecule has 0 aromatic heterocycles. The fraction of sp³-hybridized carbons (Fsp3) is 0.333. The largest absolute Gasteiger partial charge is 0.508 e. The molecule has 2 fully saturated rings. The van der Waals surface area contributed by atoms with Crippen molar-refractivity contribution >= 4 is 18.0 Å². The van der Waals surface area contributed by atoms with Gasteiger partial charge >= 0.3 is 11.9 Å². The molecule has 0 radical (unpaired) electrons. The van der Waals surface area contributed by atoms with Crippen LogP contribution in [0, 0.1) is 5.92 Å². The first-order chi connectivity index (χ1) is 16.7. The zero-order valence-corrected chi connectivity index (χ0v) is 18.2. The number of hydrogen-bond donors (Lipinski definition) is 6. The maximum atomic E-state index is 12.5. The quantitative estimate of drug-likeness (QED) is 0.237. The Bertz CT molecular complexity index is 1090. The summed E-state index contributed by atoms with van der Waals surface area (Å²) >= 11 is 0. The van der Waals surface area contributed by atoms with Crippen molar-refractivity contribution in [3.05, 3.63) is 65.2 Å². The van der Waals surface area contributed by atoms with Crippen LogP contribution in [0.15, 0.2) is 54.1 Å². The second-order valence-electron chi connectivity index (χ2n) is 8.22. The Morgan fingerprint density at radius 1 is 0.971 bits per heavy atom. The zero-order chi connectivity index (χ0) is 25.3. The van der Waals surface area contributed by atoms with Crippen LogP contribution in [-0.2, 0) is 19.1 Å². The number of carbonyl (C=O) groups is 2. The maximum absolute atomic E-state index is 12.5. The number of ether oxygens (including phenoxy) is 3. The highest BCUT2D eigenvalue weighted by Crippen LogP contribution is 2.40. The predicted molar refractivity (Wildman–Crippen MR) is 117 cm³/mol. The van der Waals surface area contributed by atoms with Crippen molar-refractivity contribution in [1.29, 1.82) is 0 Å². The number of aliphatic carboxylic acids is 1. The number of carboxylic acids is 1. The molecule has 2 saturated heterocycles. The molecule has 11 nitrogen and oxygen atoms in total. The van der Waals surface area contributed by atoms with Crippen LogP contribution in [0.2, 0.25) is 0 Å². The standard InChI is InChI=1S/C24H24O11/c25-10-16-18(27)19(28)20(29)24(34-16)33-14-7-3-12(4-8-14)21-17(22(30)31)15(23(32)35-21)9-11-1-5-13(26)6-2-11/h1-9,16-21,24-29H,10H2,(H,30,31)/b15-9-.